The maximum Gasteiger partial charge on any atom is 0.282 e. The molecule has 0 rings (SSSR count). The lowest BCUT2D eigenvalue weighted by Gasteiger charge is -2.44. The molecule has 0 unspecified atom stereocenters. The third kappa shape index (κ3) is 19.9. The first-order chi connectivity index (χ1) is 13.1. The predicted octanol–water partition coefficient (Wildman–Crippen LogP) is 1.17. The summed E-state index contributed by atoms with van der Waals surface area (Å²) in [4.78, 5) is 0. The van der Waals surface area contributed by atoms with Crippen LogP contribution in [-0.4, -0.2) is 30.7 Å². The summed E-state index contributed by atoms with van der Waals surface area (Å²) in [6.07, 6.45) is 21.6. The Hall–Kier alpha value is 0.570. The normalized spacial score (nSPS) is 12.2. The second-order valence-electron chi connectivity index (χ2n) is 9.36. The van der Waals surface area contributed by atoms with Gasteiger partial charge in [0.2, 0.25) is 0 Å². The lowest BCUT2D eigenvalue weighted by molar-refractivity contribution is -1.73. The highest BCUT2D eigenvalue weighted by molar-refractivity contribution is 4.66. The summed E-state index contributed by atoms with van der Waals surface area (Å²) in [5.74, 6) is 0. The quantitative estimate of drug-likeness (QED) is 0.166. The highest BCUT2D eigenvalue weighted by Gasteiger charge is 2.33. The van der Waals surface area contributed by atoms with E-state index in [-0.39, 0.29) is 0 Å². The van der Waals surface area contributed by atoms with Crippen molar-refractivity contribution < 1.29 is 35.9 Å². The zero-order valence-corrected chi connectivity index (χ0v) is 22.0. The van der Waals surface area contributed by atoms with Crippen molar-refractivity contribution in [2.24, 2.45) is 0 Å². The molecule has 28 heavy (non-hydrogen) atoms. The van der Waals surface area contributed by atoms with Gasteiger partial charge in [0.15, 0.2) is 0 Å². The Morgan fingerprint density at radius 2 is 0.893 bits per heavy atom. The van der Waals surface area contributed by atoms with Crippen molar-refractivity contribution in [2.45, 2.75) is 130 Å². The minimum atomic E-state index is -4.01. The largest absolute Gasteiger partial charge is 0.427 e. The third-order valence-electron chi connectivity index (χ3n) is 6.57. The van der Waals surface area contributed by atoms with Crippen LogP contribution in [0.4, 0.5) is 0 Å². The molecule has 4 nitrogen and oxygen atoms in total. The van der Waals surface area contributed by atoms with Crippen LogP contribution in [0.15, 0.2) is 0 Å². The van der Waals surface area contributed by atoms with E-state index in [0.29, 0.717) is 5.54 Å². The van der Waals surface area contributed by atoms with Gasteiger partial charge < -0.3 is 14.8 Å². The van der Waals surface area contributed by atoms with Gasteiger partial charge in [0.1, 0.15) is 0 Å². The van der Waals surface area contributed by atoms with Crippen LogP contribution in [0.5, 0.6) is 0 Å². The molecule has 0 aliphatic carbocycles. The van der Waals surface area contributed by atoms with Crippen LogP contribution < -0.4 is 31.4 Å². The SMILES string of the molecule is CCCCCCCCCCCCCCCC[N+](C)(C)C(C)(C)CC.[O-][I+2]([O-])[O-]. The second-order valence-corrected chi connectivity index (χ2v) is 10.4. The van der Waals surface area contributed by atoms with E-state index in [0.717, 1.165) is 0 Å². The van der Waals surface area contributed by atoms with Gasteiger partial charge in [-0.3, -0.25) is 0 Å². The van der Waals surface area contributed by atoms with Crippen LogP contribution in [0.3, 0.4) is 0 Å². The molecule has 0 N–H and O–H groups in total. The number of hydrogen-bond acceptors (Lipinski definition) is 3. The molecular formula is C23H50INO3. The Morgan fingerprint density at radius 3 is 1.18 bits per heavy atom. The number of unbranched alkanes of at least 4 members (excludes halogenated alkanes) is 13. The first-order valence-corrected chi connectivity index (χ1v) is 14.3. The van der Waals surface area contributed by atoms with Crippen molar-refractivity contribution in [3.05, 3.63) is 0 Å². The van der Waals surface area contributed by atoms with Crippen molar-refractivity contribution in [1.29, 1.82) is 0 Å². The third-order valence-corrected chi connectivity index (χ3v) is 6.57. The average molecular weight is 516 g/mol. The summed E-state index contributed by atoms with van der Waals surface area (Å²) in [5.41, 5.74) is 0.413. The van der Waals surface area contributed by atoms with E-state index in [9.17, 15) is 0 Å². The van der Waals surface area contributed by atoms with E-state index in [1.165, 1.54) is 107 Å². The van der Waals surface area contributed by atoms with Gasteiger partial charge in [-0.2, -0.15) is 0 Å². The molecule has 0 amide bonds. The highest BCUT2D eigenvalue weighted by atomic mass is 127. The molecule has 5 heteroatoms. The number of halogens is 1. The summed E-state index contributed by atoms with van der Waals surface area (Å²) in [5, 5.41) is 0. The van der Waals surface area contributed by atoms with Gasteiger partial charge in [0.05, 0.1) is 26.2 Å². The fourth-order valence-corrected chi connectivity index (χ4v) is 3.43. The summed E-state index contributed by atoms with van der Waals surface area (Å²) in [7, 11) is 4.82. The summed E-state index contributed by atoms with van der Waals surface area (Å²) in [6.45, 7) is 10.8. The van der Waals surface area contributed by atoms with Crippen LogP contribution in [0.25, 0.3) is 0 Å². The fraction of sp³-hybridized carbons (Fsp3) is 1.00. The molecule has 0 aromatic carbocycles. The Labute approximate surface area is 185 Å². The molecule has 0 bridgehead atoms. The Balaban J connectivity index is 0. The van der Waals surface area contributed by atoms with Crippen LogP contribution in [0.2, 0.25) is 0 Å². The Bertz CT molecular complexity index is 320. The molecule has 0 radical (unpaired) electrons. The van der Waals surface area contributed by atoms with Gasteiger partial charge >= 0.3 is 0 Å². The molecule has 0 aromatic rings. The second kappa shape index (κ2) is 19.5. The molecule has 0 aliphatic heterocycles. The Morgan fingerprint density at radius 1 is 0.607 bits per heavy atom. The maximum absolute atomic E-state index is 8.57. The van der Waals surface area contributed by atoms with Crippen LogP contribution in [0.1, 0.15) is 124 Å². The molecule has 0 heterocycles. The summed E-state index contributed by atoms with van der Waals surface area (Å²) >= 11 is -4.01. The van der Waals surface area contributed by atoms with Gasteiger partial charge in [0.25, 0.3) is 21.1 Å². The van der Waals surface area contributed by atoms with E-state index in [2.05, 4.69) is 41.8 Å². The number of nitrogens with zero attached hydrogens (tertiary/aromatic N) is 1. The monoisotopic (exact) mass is 515 g/mol. The maximum atomic E-state index is 8.57. The number of rotatable bonds is 17. The first-order valence-electron chi connectivity index (χ1n) is 11.7. The molecule has 0 fully saturated rings. The van der Waals surface area contributed by atoms with Gasteiger partial charge in [-0.25, -0.2) is 0 Å². The number of quaternary nitrogens is 1. The Kier molecular flexibility index (Phi) is 21.5. The molecule has 0 atom stereocenters. The minimum Gasteiger partial charge on any atom is -0.427 e. The average Bonchev–Trinajstić information content (AvgIpc) is 2.61. The van der Waals surface area contributed by atoms with Crippen LogP contribution >= 0.6 is 0 Å². The van der Waals surface area contributed by atoms with E-state index in [1.54, 1.807) is 0 Å². The minimum absolute atomic E-state index is 0.413. The lowest BCUT2D eigenvalue weighted by atomic mass is 9.96. The van der Waals surface area contributed by atoms with Gasteiger partial charge in [-0.05, 0) is 33.1 Å². The predicted molar refractivity (Wildman–Crippen MR) is 112 cm³/mol. The molecule has 172 valence electrons. The van der Waals surface area contributed by atoms with Crippen molar-refractivity contribution in [1.82, 2.24) is 0 Å². The zero-order valence-electron chi connectivity index (χ0n) is 19.9. The topological polar surface area (TPSA) is 69.2 Å². The fourth-order valence-electron chi connectivity index (χ4n) is 3.43. The smallest absolute Gasteiger partial charge is 0.282 e. The standard InChI is InChI=1S/C23H50N.IO3/c1-7-9-10-11-12-13-14-15-16-17-18-19-20-21-22-24(5,6)23(3,4)8-2;2-1(3)4/h7-22H2,1-6H3;/q+1;-1. The molecule has 0 spiro atoms. The molecule has 0 aromatic heterocycles. The summed E-state index contributed by atoms with van der Waals surface area (Å²) < 4.78 is 26.9. The van der Waals surface area contributed by atoms with Crippen molar-refractivity contribution in [2.75, 3.05) is 20.6 Å². The van der Waals surface area contributed by atoms with Gasteiger partial charge in [-0.15, -0.1) is 0 Å². The van der Waals surface area contributed by atoms with Gasteiger partial charge in [0, 0.05) is 0 Å². The first kappa shape index (κ1) is 30.8. The highest BCUT2D eigenvalue weighted by Crippen LogP contribution is 2.24. The van der Waals surface area contributed by atoms with E-state index < -0.39 is 21.1 Å². The lowest BCUT2D eigenvalue weighted by Crippen LogP contribution is -4.05. The molecular weight excluding hydrogens is 465 g/mol. The van der Waals surface area contributed by atoms with Crippen molar-refractivity contribution in [3.8, 4) is 0 Å². The van der Waals surface area contributed by atoms with E-state index >= 15 is 0 Å². The molecule has 0 aliphatic rings. The van der Waals surface area contributed by atoms with Crippen molar-refractivity contribution in [3.63, 3.8) is 0 Å². The van der Waals surface area contributed by atoms with E-state index in [4.69, 9.17) is 10.3 Å². The van der Waals surface area contributed by atoms with Crippen LogP contribution in [-0.2, 0) is 0 Å². The summed E-state index contributed by atoms with van der Waals surface area (Å²) in [6, 6.07) is 0. The van der Waals surface area contributed by atoms with Gasteiger partial charge in [-0.1, -0.05) is 90.9 Å². The van der Waals surface area contributed by atoms with E-state index in [1.807, 2.05) is 0 Å². The van der Waals surface area contributed by atoms with Crippen LogP contribution in [0, 0.1) is 0 Å². The zero-order chi connectivity index (χ0) is 21.9. The molecule has 0 saturated heterocycles. The number of hydrogen-bond donors (Lipinski definition) is 0. The van der Waals surface area contributed by atoms with Crippen molar-refractivity contribution >= 4 is 0 Å². The molecule has 0 saturated carbocycles.